The highest BCUT2D eigenvalue weighted by molar-refractivity contribution is 7.88. The van der Waals surface area contributed by atoms with Gasteiger partial charge in [-0.25, -0.2) is 12.7 Å². The number of hydrogen-bond acceptors (Lipinski definition) is 5. The molecule has 0 unspecified atom stereocenters. The van der Waals surface area contributed by atoms with Gasteiger partial charge in [0, 0.05) is 50.5 Å². The second-order valence-corrected chi connectivity index (χ2v) is 10.6. The van der Waals surface area contributed by atoms with Gasteiger partial charge in [-0.3, -0.25) is 9.78 Å². The van der Waals surface area contributed by atoms with Crippen LogP contribution in [0.5, 0.6) is 0 Å². The normalized spacial score (nSPS) is 21.9. The Morgan fingerprint density at radius 1 is 1.00 bits per heavy atom. The van der Waals surface area contributed by atoms with Crippen LogP contribution in [-0.2, 0) is 10.0 Å². The van der Waals surface area contributed by atoms with E-state index >= 15 is 0 Å². The van der Waals surface area contributed by atoms with Crippen LogP contribution in [-0.4, -0.2) is 79.4 Å². The molecule has 0 N–H and O–H groups in total. The number of nitrogens with zero attached hydrogens (tertiary/aromatic N) is 4. The summed E-state index contributed by atoms with van der Waals surface area (Å²) in [6, 6.07) is 14.0. The fourth-order valence-corrected chi connectivity index (χ4v) is 5.42. The number of piperidine rings is 1. The monoisotopic (exact) mass is 442 g/mol. The molecule has 166 valence electrons. The zero-order valence-electron chi connectivity index (χ0n) is 18.1. The topological polar surface area (TPSA) is 73.8 Å². The van der Waals surface area contributed by atoms with E-state index in [0.717, 1.165) is 37.2 Å². The van der Waals surface area contributed by atoms with Crippen molar-refractivity contribution in [2.45, 2.75) is 24.8 Å². The quantitative estimate of drug-likeness (QED) is 0.727. The summed E-state index contributed by atoms with van der Waals surface area (Å²) >= 11 is 0. The number of piperazine rings is 1. The van der Waals surface area contributed by atoms with E-state index in [0.29, 0.717) is 25.2 Å². The van der Waals surface area contributed by atoms with Gasteiger partial charge in [0.05, 0.1) is 17.9 Å². The molecule has 0 saturated carbocycles. The third-order valence-corrected chi connectivity index (χ3v) is 7.71. The van der Waals surface area contributed by atoms with Crippen LogP contribution >= 0.6 is 0 Å². The molecule has 0 bridgehead atoms. The van der Waals surface area contributed by atoms with E-state index in [1.54, 1.807) is 6.20 Å². The summed E-state index contributed by atoms with van der Waals surface area (Å²) in [5.74, 6) is 0.232. The molecule has 0 aliphatic carbocycles. The molecule has 2 aliphatic heterocycles. The zero-order valence-corrected chi connectivity index (χ0v) is 19.0. The number of pyridine rings is 1. The Morgan fingerprint density at radius 2 is 1.71 bits per heavy atom. The van der Waals surface area contributed by atoms with E-state index in [4.69, 9.17) is 0 Å². The molecule has 31 heavy (non-hydrogen) atoms. The Hall–Kier alpha value is -2.29. The highest BCUT2D eigenvalue weighted by Gasteiger charge is 2.31. The molecule has 2 aliphatic rings. The maximum atomic E-state index is 13.3. The number of carbonyl (C=O) groups is 1. The number of carbonyl (C=O) groups excluding carboxylic acids is 1. The van der Waals surface area contributed by atoms with Gasteiger partial charge in [0.2, 0.25) is 10.0 Å². The van der Waals surface area contributed by atoms with Crippen LogP contribution in [0.15, 0.2) is 48.7 Å². The molecule has 7 nitrogen and oxygen atoms in total. The second-order valence-electron chi connectivity index (χ2n) is 8.60. The predicted octanol–water partition coefficient (Wildman–Crippen LogP) is 2.35. The van der Waals surface area contributed by atoms with Crippen molar-refractivity contribution in [2.75, 3.05) is 46.0 Å². The fraction of sp³-hybridized carbons (Fsp3) is 0.478. The van der Waals surface area contributed by atoms with E-state index in [2.05, 4.69) is 29.1 Å². The van der Waals surface area contributed by atoms with Crippen molar-refractivity contribution >= 4 is 15.9 Å². The van der Waals surface area contributed by atoms with Crippen LogP contribution in [0.1, 0.15) is 46.4 Å². The third kappa shape index (κ3) is 4.97. The molecule has 1 aromatic heterocycles. The summed E-state index contributed by atoms with van der Waals surface area (Å²) in [4.78, 5) is 22.1. The average molecular weight is 443 g/mol. The van der Waals surface area contributed by atoms with Gasteiger partial charge in [0.25, 0.3) is 5.91 Å². The van der Waals surface area contributed by atoms with Gasteiger partial charge < -0.3 is 9.80 Å². The van der Waals surface area contributed by atoms with Crippen LogP contribution in [0.3, 0.4) is 0 Å². The lowest BCUT2D eigenvalue weighted by Gasteiger charge is -2.40. The Labute approximate surface area is 184 Å². The lowest BCUT2D eigenvalue weighted by atomic mass is 9.94. The van der Waals surface area contributed by atoms with E-state index in [1.165, 1.54) is 10.6 Å². The molecule has 1 amide bonds. The number of sulfonamides is 1. The summed E-state index contributed by atoms with van der Waals surface area (Å²) in [5.41, 5.74) is 2.68. The lowest BCUT2D eigenvalue weighted by molar-refractivity contribution is 0.0497. The molecule has 1 atom stereocenters. The van der Waals surface area contributed by atoms with Crippen molar-refractivity contribution in [3.8, 4) is 0 Å². The minimum Gasteiger partial charge on any atom is -0.329 e. The number of hydrogen-bond donors (Lipinski definition) is 0. The van der Waals surface area contributed by atoms with Gasteiger partial charge in [-0.15, -0.1) is 0 Å². The highest BCUT2D eigenvalue weighted by atomic mass is 32.2. The first kappa shape index (κ1) is 21.9. The van der Waals surface area contributed by atoms with E-state index < -0.39 is 10.0 Å². The zero-order chi connectivity index (χ0) is 22.0. The maximum absolute atomic E-state index is 13.3. The number of aromatic nitrogens is 1. The maximum Gasteiger partial charge on any atom is 0.256 e. The van der Waals surface area contributed by atoms with Crippen LogP contribution in [0.2, 0.25) is 0 Å². The van der Waals surface area contributed by atoms with E-state index in [-0.39, 0.29) is 17.9 Å². The average Bonchev–Trinajstić information content (AvgIpc) is 2.79. The Balaban J connectivity index is 1.46. The number of rotatable bonds is 4. The van der Waals surface area contributed by atoms with Gasteiger partial charge in [0.1, 0.15) is 0 Å². The predicted molar refractivity (Wildman–Crippen MR) is 120 cm³/mol. The molecule has 1 aromatic carbocycles. The summed E-state index contributed by atoms with van der Waals surface area (Å²) in [6.45, 7) is 3.37. The van der Waals surface area contributed by atoms with Gasteiger partial charge in [-0.05, 0) is 37.6 Å². The standard InChI is InChI=1S/C23H30N4O3S/c1-25-14-15-27(22(17-25)19-6-4-3-5-7-19)23(28)20-8-9-21(24-16-20)18-10-12-26(13-11-18)31(2,29)30/h3-9,16,18,22H,10-15,17H2,1-2H3/t22-/m0/s1. The molecule has 0 spiro atoms. The number of amides is 1. The summed E-state index contributed by atoms with van der Waals surface area (Å²) < 4.78 is 25.0. The molecular weight excluding hydrogens is 412 g/mol. The third-order valence-electron chi connectivity index (χ3n) is 6.40. The van der Waals surface area contributed by atoms with E-state index in [9.17, 15) is 13.2 Å². The largest absolute Gasteiger partial charge is 0.329 e. The Morgan fingerprint density at radius 3 is 2.32 bits per heavy atom. The smallest absolute Gasteiger partial charge is 0.256 e. The molecular formula is C23H30N4O3S. The van der Waals surface area contributed by atoms with Crippen molar-refractivity contribution < 1.29 is 13.2 Å². The second kappa shape index (κ2) is 9.06. The van der Waals surface area contributed by atoms with Gasteiger partial charge in [-0.2, -0.15) is 0 Å². The molecule has 2 fully saturated rings. The van der Waals surface area contributed by atoms with Gasteiger partial charge in [0.15, 0.2) is 0 Å². The van der Waals surface area contributed by atoms with Gasteiger partial charge >= 0.3 is 0 Å². The van der Waals surface area contributed by atoms with Crippen molar-refractivity contribution in [3.05, 3.63) is 65.5 Å². The summed E-state index contributed by atoms with van der Waals surface area (Å²) in [6.07, 6.45) is 4.44. The number of likely N-dealkylation sites (N-methyl/N-ethyl adjacent to an activating group) is 1. The van der Waals surface area contributed by atoms with Crippen LogP contribution in [0.4, 0.5) is 0 Å². The fourth-order valence-electron chi connectivity index (χ4n) is 4.55. The van der Waals surface area contributed by atoms with Crippen molar-refractivity contribution in [1.82, 2.24) is 19.1 Å². The SMILES string of the molecule is CN1CCN(C(=O)c2ccc(C3CCN(S(C)(=O)=O)CC3)nc2)[C@H](c2ccccc2)C1. The van der Waals surface area contributed by atoms with Crippen LogP contribution < -0.4 is 0 Å². The molecule has 4 rings (SSSR count). The summed E-state index contributed by atoms with van der Waals surface area (Å²) in [5, 5.41) is 0. The first-order chi connectivity index (χ1) is 14.8. The van der Waals surface area contributed by atoms with E-state index in [1.807, 2.05) is 35.2 Å². The lowest BCUT2D eigenvalue weighted by Crippen LogP contribution is -2.49. The Kier molecular flexibility index (Phi) is 6.41. The van der Waals surface area contributed by atoms with Crippen molar-refractivity contribution in [2.24, 2.45) is 0 Å². The van der Waals surface area contributed by atoms with Crippen LogP contribution in [0.25, 0.3) is 0 Å². The summed E-state index contributed by atoms with van der Waals surface area (Å²) in [7, 11) is -1.05. The van der Waals surface area contributed by atoms with Gasteiger partial charge in [-0.1, -0.05) is 30.3 Å². The molecule has 0 radical (unpaired) electrons. The van der Waals surface area contributed by atoms with Crippen molar-refractivity contribution in [1.29, 1.82) is 0 Å². The van der Waals surface area contributed by atoms with Crippen molar-refractivity contribution in [3.63, 3.8) is 0 Å². The van der Waals surface area contributed by atoms with Crippen LogP contribution in [0, 0.1) is 0 Å². The molecule has 8 heteroatoms. The molecule has 2 saturated heterocycles. The molecule has 2 aromatic rings. The number of benzene rings is 1. The minimum atomic E-state index is -3.13. The Bertz CT molecular complexity index is 1000. The first-order valence-electron chi connectivity index (χ1n) is 10.8. The molecule has 3 heterocycles. The first-order valence-corrected chi connectivity index (χ1v) is 12.6. The highest BCUT2D eigenvalue weighted by Crippen LogP contribution is 2.29. The minimum absolute atomic E-state index is 0.00731.